The van der Waals surface area contributed by atoms with E-state index < -0.39 is 36.7 Å². The van der Waals surface area contributed by atoms with Crippen LogP contribution in [-0.4, -0.2) is 104 Å². The standard InChI is InChI=1S/C34H59NO10/c1-7-24-20-44-34(32(40)30(38)22(24)2)45-21-27(31(39)23(3)36)35-29(37)15-13-11-9-8-10-12-14-28(42-5)33(43-6)25-16-18-26(41-4)19-17-25/h16-19,22-24,27-28,30-34,36,38-40H,7-15,20-21H2,1-6H3,(H,35,37). The van der Waals surface area contributed by atoms with Crippen molar-refractivity contribution in [3.8, 4) is 5.75 Å². The molecule has 5 N–H and O–H groups in total. The molecule has 1 heterocycles. The van der Waals surface area contributed by atoms with Gasteiger partial charge in [-0.15, -0.1) is 0 Å². The minimum atomic E-state index is -1.28. The molecule has 11 nitrogen and oxygen atoms in total. The number of hydrogen-bond donors (Lipinski definition) is 5. The minimum absolute atomic E-state index is 0.0553. The molecule has 1 aromatic rings. The molecule has 2 rings (SSSR count). The summed E-state index contributed by atoms with van der Waals surface area (Å²) in [7, 11) is 5.05. The average Bonchev–Trinajstić information content (AvgIpc) is 3.14. The predicted molar refractivity (Wildman–Crippen MR) is 171 cm³/mol. The molecule has 1 aliphatic heterocycles. The van der Waals surface area contributed by atoms with Crippen molar-refractivity contribution in [3.63, 3.8) is 0 Å². The van der Waals surface area contributed by atoms with E-state index in [1.807, 2.05) is 38.1 Å². The first-order valence-corrected chi connectivity index (χ1v) is 16.5. The van der Waals surface area contributed by atoms with E-state index in [-0.39, 0.29) is 43.0 Å². The molecule has 0 bridgehead atoms. The first kappa shape index (κ1) is 39.3. The third-order valence-electron chi connectivity index (χ3n) is 9.08. The van der Waals surface area contributed by atoms with Crippen molar-refractivity contribution in [2.75, 3.05) is 34.5 Å². The first-order valence-electron chi connectivity index (χ1n) is 16.5. The Bertz CT molecular complexity index is 932. The summed E-state index contributed by atoms with van der Waals surface area (Å²) in [5.41, 5.74) is 1.05. The average molecular weight is 642 g/mol. The van der Waals surface area contributed by atoms with Gasteiger partial charge in [0.05, 0.1) is 44.7 Å². The van der Waals surface area contributed by atoms with Crippen molar-refractivity contribution in [3.05, 3.63) is 29.8 Å². The fourth-order valence-corrected chi connectivity index (χ4v) is 5.92. The third kappa shape index (κ3) is 12.7. The summed E-state index contributed by atoms with van der Waals surface area (Å²) < 4.78 is 28.2. The van der Waals surface area contributed by atoms with Crippen molar-refractivity contribution >= 4 is 5.91 Å². The zero-order valence-corrected chi connectivity index (χ0v) is 28.1. The van der Waals surface area contributed by atoms with E-state index in [1.165, 1.54) is 6.92 Å². The number of carbonyl (C=O) groups excluding carboxylic acids is 1. The Labute approximate surface area is 269 Å². The monoisotopic (exact) mass is 641 g/mol. The number of unbranched alkanes of at least 4 members (excludes halogenated alkanes) is 5. The predicted octanol–water partition coefficient (Wildman–Crippen LogP) is 3.50. The number of aliphatic hydroxyl groups is 4. The van der Waals surface area contributed by atoms with Gasteiger partial charge >= 0.3 is 0 Å². The van der Waals surface area contributed by atoms with Gasteiger partial charge in [0, 0.05) is 20.6 Å². The van der Waals surface area contributed by atoms with Gasteiger partial charge in [-0.3, -0.25) is 4.79 Å². The Kier molecular flexibility index (Phi) is 18.5. The highest BCUT2D eigenvalue weighted by Crippen LogP contribution is 2.29. The van der Waals surface area contributed by atoms with Gasteiger partial charge in [-0.2, -0.15) is 0 Å². The molecule has 0 saturated carbocycles. The second kappa shape index (κ2) is 21.1. The second-order valence-electron chi connectivity index (χ2n) is 12.3. The highest BCUT2D eigenvalue weighted by Gasteiger charge is 2.39. The summed E-state index contributed by atoms with van der Waals surface area (Å²) in [6, 6.07) is 6.93. The van der Waals surface area contributed by atoms with Crippen molar-refractivity contribution in [1.29, 1.82) is 0 Å². The fraction of sp³-hybridized carbons (Fsp3) is 0.794. The number of methoxy groups -OCH3 is 3. The molecule has 1 aromatic carbocycles. The van der Waals surface area contributed by atoms with E-state index in [4.69, 9.17) is 23.7 Å². The molecule has 0 spiro atoms. The summed E-state index contributed by atoms with van der Waals surface area (Å²) in [6.07, 6.45) is 1.61. The van der Waals surface area contributed by atoms with Crippen molar-refractivity contribution in [2.24, 2.45) is 11.8 Å². The molecule has 1 amide bonds. The van der Waals surface area contributed by atoms with Gasteiger partial charge in [0.2, 0.25) is 5.91 Å². The largest absolute Gasteiger partial charge is 0.497 e. The number of nitrogens with one attached hydrogen (secondary N) is 1. The third-order valence-corrected chi connectivity index (χ3v) is 9.08. The summed E-state index contributed by atoms with van der Waals surface area (Å²) >= 11 is 0. The van der Waals surface area contributed by atoms with Gasteiger partial charge in [0.25, 0.3) is 0 Å². The Hall–Kier alpha value is -1.83. The van der Waals surface area contributed by atoms with E-state index in [1.54, 1.807) is 21.3 Å². The molecule has 45 heavy (non-hydrogen) atoms. The zero-order chi connectivity index (χ0) is 33.4. The molecule has 0 radical (unpaired) electrons. The van der Waals surface area contributed by atoms with Crippen LogP contribution < -0.4 is 10.1 Å². The second-order valence-corrected chi connectivity index (χ2v) is 12.3. The SMILES string of the molecule is CCC1COC(OCC(NC(=O)CCCCCCCCC(OC)C(OC)c2ccc(OC)cc2)C(O)C(C)O)C(O)C(O)C1C. The normalized spacial score (nSPS) is 25.5. The van der Waals surface area contributed by atoms with E-state index >= 15 is 0 Å². The van der Waals surface area contributed by atoms with Crippen LogP contribution in [0.3, 0.4) is 0 Å². The van der Waals surface area contributed by atoms with Gasteiger partial charge < -0.3 is 49.4 Å². The van der Waals surface area contributed by atoms with E-state index in [2.05, 4.69) is 5.32 Å². The van der Waals surface area contributed by atoms with Gasteiger partial charge in [-0.25, -0.2) is 0 Å². The number of hydrogen-bond acceptors (Lipinski definition) is 10. The lowest BCUT2D eigenvalue weighted by Gasteiger charge is -2.30. The maximum Gasteiger partial charge on any atom is 0.220 e. The van der Waals surface area contributed by atoms with Crippen LogP contribution >= 0.6 is 0 Å². The van der Waals surface area contributed by atoms with Crippen LogP contribution in [-0.2, 0) is 23.7 Å². The minimum Gasteiger partial charge on any atom is -0.497 e. The van der Waals surface area contributed by atoms with E-state index in [9.17, 15) is 25.2 Å². The van der Waals surface area contributed by atoms with Crippen molar-refractivity contribution in [1.82, 2.24) is 5.32 Å². The Morgan fingerprint density at radius 2 is 1.62 bits per heavy atom. The quantitative estimate of drug-likeness (QED) is 0.126. The molecule has 10 unspecified atom stereocenters. The molecule has 11 heteroatoms. The Balaban J connectivity index is 1.72. The lowest BCUT2D eigenvalue weighted by Crippen LogP contribution is -2.52. The summed E-state index contributed by atoms with van der Waals surface area (Å²) in [4.78, 5) is 12.7. The molecular formula is C34H59NO10. The number of rotatable bonds is 21. The van der Waals surface area contributed by atoms with Crippen molar-refractivity contribution < 1.29 is 48.9 Å². The number of aliphatic hydroxyl groups excluding tert-OH is 4. The Morgan fingerprint density at radius 3 is 2.20 bits per heavy atom. The number of ether oxygens (including phenoxy) is 5. The molecule has 10 atom stereocenters. The molecule has 1 saturated heterocycles. The molecule has 260 valence electrons. The van der Waals surface area contributed by atoms with Crippen LogP contribution in [0.4, 0.5) is 0 Å². The fourth-order valence-electron chi connectivity index (χ4n) is 5.92. The maximum absolute atomic E-state index is 12.7. The van der Waals surface area contributed by atoms with Gasteiger partial charge in [-0.1, -0.05) is 64.5 Å². The van der Waals surface area contributed by atoms with Gasteiger partial charge in [0.1, 0.15) is 24.1 Å². The van der Waals surface area contributed by atoms with Crippen LogP contribution in [0.2, 0.25) is 0 Å². The van der Waals surface area contributed by atoms with E-state index in [0.717, 1.165) is 56.3 Å². The molecule has 0 aliphatic carbocycles. The number of benzene rings is 1. The number of amides is 1. The van der Waals surface area contributed by atoms with Gasteiger partial charge in [-0.05, 0) is 49.3 Å². The topological polar surface area (TPSA) is 156 Å². The molecule has 0 aromatic heterocycles. The molecule has 1 aliphatic rings. The lowest BCUT2D eigenvalue weighted by atomic mass is 9.86. The maximum atomic E-state index is 12.7. The smallest absolute Gasteiger partial charge is 0.220 e. The van der Waals surface area contributed by atoms with Crippen LogP contribution in [0, 0.1) is 11.8 Å². The van der Waals surface area contributed by atoms with Gasteiger partial charge in [0.15, 0.2) is 6.29 Å². The highest BCUT2D eigenvalue weighted by molar-refractivity contribution is 5.76. The van der Waals surface area contributed by atoms with E-state index in [0.29, 0.717) is 13.0 Å². The lowest BCUT2D eigenvalue weighted by molar-refractivity contribution is -0.213. The zero-order valence-electron chi connectivity index (χ0n) is 28.1. The molecular weight excluding hydrogens is 582 g/mol. The highest BCUT2D eigenvalue weighted by atomic mass is 16.7. The van der Waals surface area contributed by atoms with Crippen LogP contribution in [0.1, 0.15) is 90.2 Å². The summed E-state index contributed by atoms with van der Waals surface area (Å²) in [5.74, 6) is 0.440. The van der Waals surface area contributed by atoms with Crippen LogP contribution in [0.15, 0.2) is 24.3 Å². The van der Waals surface area contributed by atoms with Crippen LogP contribution in [0.25, 0.3) is 0 Å². The molecule has 1 fully saturated rings. The first-order chi connectivity index (χ1) is 21.6. The summed E-state index contributed by atoms with van der Waals surface area (Å²) in [6.45, 7) is 5.42. The number of carbonyl (C=O) groups is 1. The van der Waals surface area contributed by atoms with Crippen molar-refractivity contribution in [2.45, 2.75) is 128 Å². The Morgan fingerprint density at radius 1 is 0.978 bits per heavy atom. The van der Waals surface area contributed by atoms with Crippen LogP contribution in [0.5, 0.6) is 5.75 Å². The summed E-state index contributed by atoms with van der Waals surface area (Å²) in [5, 5.41) is 44.4.